The Kier molecular flexibility index (Phi) is 5.19. The summed E-state index contributed by atoms with van der Waals surface area (Å²) in [6, 6.07) is 1.68. The molecular formula is C15H22N8O. The van der Waals surface area contributed by atoms with E-state index >= 15 is 0 Å². The lowest BCUT2D eigenvalue weighted by Crippen LogP contribution is -2.50. The lowest BCUT2D eigenvalue weighted by atomic mass is 10.1. The van der Waals surface area contributed by atoms with Crippen LogP contribution in [0.25, 0.3) is 0 Å². The van der Waals surface area contributed by atoms with Crippen molar-refractivity contribution in [3.63, 3.8) is 0 Å². The number of aryl methyl sites for hydroxylation is 1. The van der Waals surface area contributed by atoms with Gasteiger partial charge in [-0.25, -0.2) is 14.8 Å². The minimum atomic E-state index is -0.193. The van der Waals surface area contributed by atoms with Gasteiger partial charge in [0, 0.05) is 38.1 Å². The Balaban J connectivity index is 1.49. The molecule has 3 rings (SSSR count). The highest BCUT2D eigenvalue weighted by Gasteiger charge is 2.22. The molecule has 2 aromatic rings. The van der Waals surface area contributed by atoms with Crippen molar-refractivity contribution in [1.29, 1.82) is 0 Å². The van der Waals surface area contributed by atoms with Gasteiger partial charge in [-0.05, 0) is 25.8 Å². The van der Waals surface area contributed by atoms with Crippen molar-refractivity contribution in [2.75, 3.05) is 18.0 Å². The normalized spacial score (nSPS) is 17.5. The van der Waals surface area contributed by atoms with E-state index in [0.717, 1.165) is 31.8 Å². The van der Waals surface area contributed by atoms with Gasteiger partial charge in [0.2, 0.25) is 5.95 Å². The number of rotatable bonds is 5. The van der Waals surface area contributed by atoms with Crippen LogP contribution in [0.1, 0.15) is 25.6 Å². The third-order valence-electron chi connectivity index (χ3n) is 4.04. The van der Waals surface area contributed by atoms with Crippen molar-refractivity contribution < 1.29 is 4.79 Å². The van der Waals surface area contributed by atoms with Crippen LogP contribution in [0.4, 0.5) is 10.7 Å². The van der Waals surface area contributed by atoms with Gasteiger partial charge in [0.25, 0.3) is 0 Å². The zero-order valence-corrected chi connectivity index (χ0v) is 13.7. The average molecular weight is 330 g/mol. The summed E-state index contributed by atoms with van der Waals surface area (Å²) in [4.78, 5) is 22.8. The zero-order valence-electron chi connectivity index (χ0n) is 13.7. The molecule has 1 aliphatic rings. The van der Waals surface area contributed by atoms with Gasteiger partial charge in [-0.3, -0.25) is 0 Å². The highest BCUT2D eigenvalue weighted by atomic mass is 16.2. The number of anilines is 1. The maximum atomic E-state index is 12.1. The molecule has 1 fully saturated rings. The molecule has 2 amide bonds. The van der Waals surface area contributed by atoms with Crippen molar-refractivity contribution in [3.05, 3.63) is 30.6 Å². The van der Waals surface area contributed by atoms with E-state index < -0.39 is 0 Å². The monoisotopic (exact) mass is 330 g/mol. The average Bonchev–Trinajstić information content (AvgIpc) is 3.08. The predicted octanol–water partition coefficient (Wildman–Crippen LogP) is 0.556. The van der Waals surface area contributed by atoms with Crippen LogP contribution in [0.3, 0.4) is 0 Å². The number of hydrogen-bond acceptors (Lipinski definition) is 6. The van der Waals surface area contributed by atoms with Gasteiger partial charge in [-0.1, -0.05) is 0 Å². The predicted molar refractivity (Wildman–Crippen MR) is 88.3 cm³/mol. The van der Waals surface area contributed by atoms with E-state index in [4.69, 9.17) is 0 Å². The zero-order chi connectivity index (χ0) is 16.8. The van der Waals surface area contributed by atoms with Crippen LogP contribution in [0.5, 0.6) is 0 Å². The molecule has 0 radical (unpaired) electrons. The lowest BCUT2D eigenvalue weighted by molar-refractivity contribution is 0.234. The van der Waals surface area contributed by atoms with Crippen molar-refractivity contribution in [2.45, 2.75) is 38.9 Å². The summed E-state index contributed by atoms with van der Waals surface area (Å²) in [6.45, 7) is 4.76. The summed E-state index contributed by atoms with van der Waals surface area (Å²) in [5, 5.41) is 13.7. The van der Waals surface area contributed by atoms with E-state index in [0.29, 0.717) is 19.0 Å². The van der Waals surface area contributed by atoms with Gasteiger partial charge in [-0.15, -0.1) is 10.2 Å². The molecule has 128 valence electrons. The third kappa shape index (κ3) is 3.98. The van der Waals surface area contributed by atoms with Crippen LogP contribution in [0.2, 0.25) is 0 Å². The van der Waals surface area contributed by atoms with Crippen LogP contribution in [-0.4, -0.2) is 49.9 Å². The maximum absolute atomic E-state index is 12.1. The number of nitrogens with zero attached hydrogens (tertiary/aromatic N) is 6. The molecular weight excluding hydrogens is 308 g/mol. The van der Waals surface area contributed by atoms with E-state index in [9.17, 15) is 4.79 Å². The van der Waals surface area contributed by atoms with Crippen molar-refractivity contribution in [1.82, 2.24) is 35.4 Å². The first kappa shape index (κ1) is 16.2. The molecule has 1 atom stereocenters. The SMILES string of the molecule is CCn1cnnc1CNC(=O)N[C@@H]1CCCN(c2ncccn2)C1. The Bertz CT molecular complexity index is 659. The highest BCUT2D eigenvalue weighted by Crippen LogP contribution is 2.15. The number of hydrogen-bond donors (Lipinski definition) is 2. The van der Waals surface area contributed by atoms with E-state index in [1.807, 2.05) is 11.5 Å². The van der Waals surface area contributed by atoms with E-state index in [-0.39, 0.29) is 12.1 Å². The Morgan fingerprint density at radius 3 is 3.00 bits per heavy atom. The molecule has 2 N–H and O–H groups in total. The fourth-order valence-corrected chi connectivity index (χ4v) is 2.81. The smallest absolute Gasteiger partial charge is 0.315 e. The molecule has 1 aliphatic heterocycles. The summed E-state index contributed by atoms with van der Waals surface area (Å²) in [5.41, 5.74) is 0. The number of piperidine rings is 1. The fourth-order valence-electron chi connectivity index (χ4n) is 2.81. The molecule has 0 spiro atoms. The molecule has 0 unspecified atom stereocenters. The summed E-state index contributed by atoms with van der Waals surface area (Å²) in [5.74, 6) is 1.45. The lowest BCUT2D eigenvalue weighted by Gasteiger charge is -2.33. The van der Waals surface area contributed by atoms with E-state index in [2.05, 4.69) is 35.7 Å². The first-order valence-electron chi connectivity index (χ1n) is 8.19. The second kappa shape index (κ2) is 7.71. The van der Waals surface area contributed by atoms with Crippen LogP contribution < -0.4 is 15.5 Å². The molecule has 0 bridgehead atoms. The van der Waals surface area contributed by atoms with Crippen molar-refractivity contribution in [2.24, 2.45) is 0 Å². The van der Waals surface area contributed by atoms with Gasteiger partial charge in [0.15, 0.2) is 5.82 Å². The van der Waals surface area contributed by atoms with Crippen molar-refractivity contribution in [3.8, 4) is 0 Å². The van der Waals surface area contributed by atoms with Gasteiger partial charge >= 0.3 is 6.03 Å². The first-order chi connectivity index (χ1) is 11.8. The molecule has 0 aromatic carbocycles. The number of aromatic nitrogens is 5. The van der Waals surface area contributed by atoms with E-state index in [1.165, 1.54) is 0 Å². The van der Waals surface area contributed by atoms with Crippen LogP contribution in [0, 0.1) is 0 Å². The summed E-state index contributed by atoms with van der Waals surface area (Å²) < 4.78 is 1.90. The Morgan fingerprint density at radius 1 is 1.38 bits per heavy atom. The molecule has 3 heterocycles. The van der Waals surface area contributed by atoms with Gasteiger partial charge in [0.05, 0.1) is 6.54 Å². The minimum absolute atomic E-state index is 0.0756. The molecule has 9 nitrogen and oxygen atoms in total. The minimum Gasteiger partial charge on any atom is -0.339 e. The van der Waals surface area contributed by atoms with Gasteiger partial charge in [-0.2, -0.15) is 0 Å². The first-order valence-corrected chi connectivity index (χ1v) is 8.19. The molecule has 0 aliphatic carbocycles. The molecule has 9 heteroatoms. The number of carbonyl (C=O) groups excluding carboxylic acids is 1. The van der Waals surface area contributed by atoms with Crippen LogP contribution in [-0.2, 0) is 13.1 Å². The fraction of sp³-hybridized carbons (Fsp3) is 0.533. The quantitative estimate of drug-likeness (QED) is 0.830. The topological polar surface area (TPSA) is 101 Å². The van der Waals surface area contributed by atoms with Gasteiger partial charge < -0.3 is 20.1 Å². The second-order valence-electron chi connectivity index (χ2n) is 5.69. The number of urea groups is 1. The molecule has 24 heavy (non-hydrogen) atoms. The maximum Gasteiger partial charge on any atom is 0.315 e. The number of nitrogens with one attached hydrogen (secondary N) is 2. The largest absolute Gasteiger partial charge is 0.339 e. The number of amides is 2. The summed E-state index contributed by atoms with van der Waals surface area (Å²) in [7, 11) is 0. The summed E-state index contributed by atoms with van der Waals surface area (Å²) >= 11 is 0. The Morgan fingerprint density at radius 2 is 2.21 bits per heavy atom. The second-order valence-corrected chi connectivity index (χ2v) is 5.69. The Hall–Kier alpha value is -2.71. The molecule has 0 saturated carbocycles. The molecule has 1 saturated heterocycles. The Labute approximate surface area is 140 Å². The van der Waals surface area contributed by atoms with Crippen LogP contribution >= 0.6 is 0 Å². The molecule has 2 aromatic heterocycles. The highest BCUT2D eigenvalue weighted by molar-refractivity contribution is 5.74. The number of carbonyl (C=O) groups is 1. The standard InChI is InChI=1S/C15H22N8O/c1-2-22-11-19-21-13(22)9-18-15(24)20-12-5-3-8-23(10-12)14-16-6-4-7-17-14/h4,6-7,11-12H,2-3,5,8-10H2,1H3,(H2,18,20,24)/t12-/m1/s1. The van der Waals surface area contributed by atoms with Gasteiger partial charge in [0.1, 0.15) is 6.33 Å². The van der Waals surface area contributed by atoms with Crippen molar-refractivity contribution >= 4 is 12.0 Å². The van der Waals surface area contributed by atoms with E-state index in [1.54, 1.807) is 24.8 Å². The summed E-state index contributed by atoms with van der Waals surface area (Å²) in [6.07, 6.45) is 7.06. The third-order valence-corrected chi connectivity index (χ3v) is 4.04. The van der Waals surface area contributed by atoms with Crippen LogP contribution in [0.15, 0.2) is 24.8 Å².